The molecule has 2 nitrogen and oxygen atoms in total. The fraction of sp³-hybridized carbons (Fsp3) is 0.462. The topological polar surface area (TPSA) is 20.3 Å². The van der Waals surface area contributed by atoms with Gasteiger partial charge in [-0.1, -0.05) is 31.9 Å². The number of amides is 1. The lowest BCUT2D eigenvalue weighted by atomic mass is 9.99. The quantitative estimate of drug-likeness (QED) is 0.716. The molecule has 1 amide bonds. The zero-order valence-corrected chi connectivity index (χ0v) is 13.0. The summed E-state index contributed by atoms with van der Waals surface area (Å²) >= 11 is 6.67. The first-order valence-corrected chi connectivity index (χ1v) is 7.83. The molecule has 2 rings (SSSR count). The van der Waals surface area contributed by atoms with Crippen LogP contribution in [0.1, 0.15) is 23.2 Å². The zero-order chi connectivity index (χ0) is 13.1. The number of carbonyl (C=O) groups excluding carboxylic acids is 1. The van der Waals surface area contributed by atoms with Gasteiger partial charge in [0.15, 0.2) is 0 Å². The van der Waals surface area contributed by atoms with Gasteiger partial charge in [-0.3, -0.25) is 4.79 Å². The molecule has 1 aliphatic heterocycles. The third-order valence-electron chi connectivity index (χ3n) is 3.13. The van der Waals surface area contributed by atoms with Gasteiger partial charge in [-0.05, 0) is 37.0 Å². The van der Waals surface area contributed by atoms with Crippen molar-refractivity contribution in [3.05, 3.63) is 34.1 Å². The Labute approximate surface area is 123 Å². The minimum absolute atomic E-state index is 0.0825. The molecule has 0 bridgehead atoms. The highest BCUT2D eigenvalue weighted by Crippen LogP contribution is 2.22. The molecular weight excluding hydrogens is 365 g/mol. The first-order valence-electron chi connectivity index (χ1n) is 5.91. The van der Waals surface area contributed by atoms with Crippen LogP contribution in [0.5, 0.6) is 0 Å². The third kappa shape index (κ3) is 3.32. The van der Waals surface area contributed by atoms with Crippen molar-refractivity contribution in [2.24, 2.45) is 5.92 Å². The summed E-state index contributed by atoms with van der Waals surface area (Å²) in [5, 5.41) is 0.906. The number of hydrogen-bond acceptors (Lipinski definition) is 1. The summed E-state index contributed by atoms with van der Waals surface area (Å²) in [6.07, 6.45) is 2.15. The van der Waals surface area contributed by atoms with Crippen molar-refractivity contribution in [3.8, 4) is 0 Å². The summed E-state index contributed by atoms with van der Waals surface area (Å²) in [6, 6.07) is 4.32. The van der Waals surface area contributed by atoms with Crippen molar-refractivity contribution in [1.29, 1.82) is 0 Å². The van der Waals surface area contributed by atoms with E-state index in [1.54, 1.807) is 6.07 Å². The van der Waals surface area contributed by atoms with E-state index in [0.29, 0.717) is 16.0 Å². The summed E-state index contributed by atoms with van der Waals surface area (Å²) in [5.41, 5.74) is 0.414. The lowest BCUT2D eigenvalue weighted by Crippen LogP contribution is -2.40. The van der Waals surface area contributed by atoms with Crippen LogP contribution >= 0.6 is 31.9 Å². The number of hydrogen-bond donors (Lipinski definition) is 0. The predicted octanol–water partition coefficient (Wildman–Crippen LogP) is 3.84. The molecule has 1 saturated heterocycles. The van der Waals surface area contributed by atoms with Crippen molar-refractivity contribution in [2.45, 2.75) is 12.8 Å². The monoisotopic (exact) mass is 377 g/mol. The van der Waals surface area contributed by atoms with Crippen molar-refractivity contribution < 1.29 is 9.18 Å². The van der Waals surface area contributed by atoms with Gasteiger partial charge in [0.05, 0.1) is 0 Å². The Kier molecular flexibility index (Phi) is 4.78. The molecule has 0 spiro atoms. The van der Waals surface area contributed by atoms with Gasteiger partial charge in [0.25, 0.3) is 5.91 Å². The highest BCUT2D eigenvalue weighted by Gasteiger charge is 2.24. The maximum atomic E-state index is 13.3. The van der Waals surface area contributed by atoms with Crippen LogP contribution in [-0.2, 0) is 0 Å². The molecule has 1 unspecified atom stereocenters. The zero-order valence-electron chi connectivity index (χ0n) is 9.83. The molecule has 1 fully saturated rings. The number of likely N-dealkylation sites (tertiary alicyclic amines) is 1. The largest absolute Gasteiger partial charge is 0.338 e. The van der Waals surface area contributed by atoms with Crippen LogP contribution in [0.2, 0.25) is 0 Å². The molecule has 1 aromatic carbocycles. The Hall–Kier alpha value is -0.420. The SMILES string of the molecule is O=C(c1cc(F)cc(Br)c1)N1CCCC(CBr)C1. The van der Waals surface area contributed by atoms with Crippen LogP contribution in [-0.4, -0.2) is 29.2 Å². The Morgan fingerprint density at radius 1 is 1.44 bits per heavy atom. The van der Waals surface area contributed by atoms with Crippen LogP contribution in [0.3, 0.4) is 0 Å². The maximum Gasteiger partial charge on any atom is 0.254 e. The molecule has 0 N–H and O–H groups in total. The van der Waals surface area contributed by atoms with Crippen molar-refractivity contribution in [2.75, 3.05) is 18.4 Å². The minimum Gasteiger partial charge on any atom is -0.338 e. The Balaban J connectivity index is 2.15. The molecule has 5 heteroatoms. The molecule has 1 aromatic rings. The molecule has 0 saturated carbocycles. The van der Waals surface area contributed by atoms with Crippen LogP contribution in [0.15, 0.2) is 22.7 Å². The third-order valence-corrected chi connectivity index (χ3v) is 4.51. The van der Waals surface area contributed by atoms with Gasteiger partial charge in [-0.15, -0.1) is 0 Å². The van der Waals surface area contributed by atoms with Crippen LogP contribution in [0.25, 0.3) is 0 Å². The lowest BCUT2D eigenvalue weighted by Gasteiger charge is -2.32. The van der Waals surface area contributed by atoms with Gasteiger partial charge < -0.3 is 4.90 Å². The van der Waals surface area contributed by atoms with Gasteiger partial charge in [-0.2, -0.15) is 0 Å². The maximum absolute atomic E-state index is 13.3. The second-order valence-electron chi connectivity index (χ2n) is 4.57. The van der Waals surface area contributed by atoms with E-state index < -0.39 is 0 Å². The number of nitrogens with zero attached hydrogens (tertiary/aromatic N) is 1. The van der Waals surface area contributed by atoms with E-state index in [9.17, 15) is 9.18 Å². The smallest absolute Gasteiger partial charge is 0.254 e. The lowest BCUT2D eigenvalue weighted by molar-refractivity contribution is 0.0685. The van der Waals surface area contributed by atoms with E-state index in [4.69, 9.17) is 0 Å². The molecule has 1 atom stereocenters. The minimum atomic E-state index is -0.387. The van der Waals surface area contributed by atoms with Gasteiger partial charge in [0.1, 0.15) is 5.82 Å². The van der Waals surface area contributed by atoms with Gasteiger partial charge in [-0.25, -0.2) is 4.39 Å². The Bertz CT molecular complexity index is 432. The summed E-state index contributed by atoms with van der Waals surface area (Å²) in [6.45, 7) is 1.51. The standard InChI is InChI=1S/C13H14Br2FNO/c14-7-9-2-1-3-17(8-9)13(18)10-4-11(15)6-12(16)5-10/h4-6,9H,1-3,7-8H2. The van der Waals surface area contributed by atoms with E-state index in [-0.39, 0.29) is 11.7 Å². The van der Waals surface area contributed by atoms with E-state index >= 15 is 0 Å². The number of piperidine rings is 1. The predicted molar refractivity (Wildman–Crippen MR) is 76.5 cm³/mol. The number of benzene rings is 1. The highest BCUT2D eigenvalue weighted by molar-refractivity contribution is 9.10. The van der Waals surface area contributed by atoms with Crippen LogP contribution in [0, 0.1) is 11.7 Å². The Morgan fingerprint density at radius 3 is 2.89 bits per heavy atom. The molecule has 1 aliphatic rings. The highest BCUT2D eigenvalue weighted by atomic mass is 79.9. The van der Waals surface area contributed by atoms with E-state index in [2.05, 4.69) is 31.9 Å². The molecule has 98 valence electrons. The number of rotatable bonds is 2. The van der Waals surface area contributed by atoms with Gasteiger partial charge >= 0.3 is 0 Å². The average molecular weight is 379 g/mol. The Morgan fingerprint density at radius 2 is 2.22 bits per heavy atom. The second kappa shape index (κ2) is 6.15. The molecule has 0 aromatic heterocycles. The second-order valence-corrected chi connectivity index (χ2v) is 6.14. The average Bonchev–Trinajstić information content (AvgIpc) is 2.37. The first-order chi connectivity index (χ1) is 8.60. The van der Waals surface area contributed by atoms with E-state index in [1.165, 1.54) is 12.1 Å². The van der Waals surface area contributed by atoms with E-state index in [1.807, 2.05) is 4.90 Å². The van der Waals surface area contributed by atoms with Crippen molar-refractivity contribution in [1.82, 2.24) is 4.90 Å². The fourth-order valence-corrected chi connectivity index (χ4v) is 3.23. The summed E-state index contributed by atoms with van der Waals surface area (Å²) < 4.78 is 13.9. The fourth-order valence-electron chi connectivity index (χ4n) is 2.24. The van der Waals surface area contributed by atoms with Crippen molar-refractivity contribution >= 4 is 37.8 Å². The van der Waals surface area contributed by atoms with Crippen molar-refractivity contribution in [3.63, 3.8) is 0 Å². The number of carbonyl (C=O) groups is 1. The summed E-state index contributed by atoms with van der Waals surface area (Å²) in [5.74, 6) is 0.0299. The van der Waals surface area contributed by atoms with E-state index in [0.717, 1.165) is 31.3 Å². The molecule has 1 heterocycles. The summed E-state index contributed by atoms with van der Waals surface area (Å²) in [7, 11) is 0. The molecule has 0 aliphatic carbocycles. The van der Waals surface area contributed by atoms with Crippen LogP contribution in [0.4, 0.5) is 4.39 Å². The normalized spacial score (nSPS) is 19.9. The molecule has 18 heavy (non-hydrogen) atoms. The molecule has 0 radical (unpaired) electrons. The number of halogens is 3. The van der Waals surface area contributed by atoms with Crippen LogP contribution < -0.4 is 0 Å². The first kappa shape index (κ1) is 14.0. The van der Waals surface area contributed by atoms with Gasteiger partial charge in [0, 0.05) is 28.5 Å². The molecular formula is C13H14Br2FNO. The number of alkyl halides is 1. The van der Waals surface area contributed by atoms with Gasteiger partial charge in [0.2, 0.25) is 0 Å². The summed E-state index contributed by atoms with van der Waals surface area (Å²) in [4.78, 5) is 14.1.